The molecule has 0 saturated heterocycles. The van der Waals surface area contributed by atoms with Crippen LogP contribution in [0.1, 0.15) is 37.0 Å². The third-order valence-corrected chi connectivity index (χ3v) is 3.89. The van der Waals surface area contributed by atoms with E-state index >= 15 is 0 Å². The van der Waals surface area contributed by atoms with Crippen LogP contribution in [0.15, 0.2) is 23.6 Å². The fraction of sp³-hybridized carbons (Fsp3) is 0.250. The van der Waals surface area contributed by atoms with Crippen LogP contribution in [0.2, 0.25) is 0 Å². The largest absolute Gasteiger partial charge is 0.506 e. The van der Waals surface area contributed by atoms with Gasteiger partial charge in [0.05, 0.1) is 11.3 Å². The predicted octanol–water partition coefficient (Wildman–Crippen LogP) is 4.67. The number of aliphatic hydroxyl groups is 1. The van der Waals surface area contributed by atoms with Crippen molar-refractivity contribution >= 4 is 22.7 Å². The molecule has 3 nitrogen and oxygen atoms in total. The Labute approximate surface area is 131 Å². The van der Waals surface area contributed by atoms with Crippen LogP contribution in [0.25, 0.3) is 11.3 Å². The van der Waals surface area contributed by atoms with E-state index in [0.717, 1.165) is 29.2 Å². The van der Waals surface area contributed by atoms with Gasteiger partial charge in [-0.1, -0.05) is 26.8 Å². The van der Waals surface area contributed by atoms with Gasteiger partial charge in [-0.05, 0) is 12.1 Å². The zero-order chi connectivity index (χ0) is 16.5. The van der Waals surface area contributed by atoms with Crippen LogP contribution in [0.3, 0.4) is 0 Å². The van der Waals surface area contributed by atoms with Crippen molar-refractivity contribution in [2.45, 2.75) is 26.2 Å². The monoisotopic (exact) mass is 320 g/mol. The van der Waals surface area contributed by atoms with E-state index < -0.39 is 23.0 Å². The van der Waals surface area contributed by atoms with Gasteiger partial charge in [-0.2, -0.15) is 5.26 Å². The Kier molecular flexibility index (Phi) is 4.29. The highest BCUT2D eigenvalue weighted by atomic mass is 32.1. The lowest BCUT2D eigenvalue weighted by atomic mass is 9.93. The van der Waals surface area contributed by atoms with Crippen LogP contribution in [0.5, 0.6) is 0 Å². The maximum absolute atomic E-state index is 13.7. The first-order valence-electron chi connectivity index (χ1n) is 6.49. The molecule has 0 spiro atoms. The molecule has 0 saturated carbocycles. The van der Waals surface area contributed by atoms with E-state index in [1.807, 2.05) is 20.8 Å². The van der Waals surface area contributed by atoms with Gasteiger partial charge in [-0.15, -0.1) is 11.3 Å². The van der Waals surface area contributed by atoms with E-state index in [4.69, 9.17) is 0 Å². The quantitative estimate of drug-likeness (QED) is 0.646. The van der Waals surface area contributed by atoms with Gasteiger partial charge in [-0.3, -0.25) is 0 Å². The Balaban J connectivity index is 2.60. The number of benzene rings is 1. The molecule has 0 aliphatic rings. The van der Waals surface area contributed by atoms with Crippen molar-refractivity contribution in [3.05, 3.63) is 51.5 Å². The molecule has 0 amide bonds. The summed E-state index contributed by atoms with van der Waals surface area (Å²) in [5.74, 6) is -2.61. The number of nitrogens with zero attached hydrogens (tertiary/aromatic N) is 2. The van der Waals surface area contributed by atoms with E-state index in [1.165, 1.54) is 6.07 Å². The summed E-state index contributed by atoms with van der Waals surface area (Å²) in [6.07, 6.45) is 0. The van der Waals surface area contributed by atoms with Gasteiger partial charge in [0.2, 0.25) is 0 Å². The summed E-state index contributed by atoms with van der Waals surface area (Å²) in [7, 11) is 0. The maximum atomic E-state index is 13.7. The SMILES string of the molecule is CC(C)(C)c1csc(/C(C#N)=C(\O)c2c(F)cccc2F)n1. The van der Waals surface area contributed by atoms with Crippen molar-refractivity contribution in [3.8, 4) is 6.07 Å². The molecule has 22 heavy (non-hydrogen) atoms. The first-order chi connectivity index (χ1) is 10.3. The number of thiazole rings is 1. The molecule has 1 aromatic heterocycles. The lowest BCUT2D eigenvalue weighted by Gasteiger charge is -2.14. The van der Waals surface area contributed by atoms with E-state index in [-0.39, 0.29) is 16.0 Å². The van der Waals surface area contributed by atoms with Gasteiger partial charge >= 0.3 is 0 Å². The summed E-state index contributed by atoms with van der Waals surface area (Å²) in [5, 5.41) is 21.4. The normalized spacial score (nSPS) is 12.7. The molecule has 1 aromatic carbocycles. The molecule has 2 aromatic rings. The molecule has 0 bridgehead atoms. The van der Waals surface area contributed by atoms with Crippen LogP contribution in [0.4, 0.5) is 8.78 Å². The number of allylic oxidation sites excluding steroid dienone is 1. The van der Waals surface area contributed by atoms with Crippen molar-refractivity contribution in [3.63, 3.8) is 0 Å². The minimum Gasteiger partial charge on any atom is -0.506 e. The zero-order valence-corrected chi connectivity index (χ0v) is 13.1. The lowest BCUT2D eigenvalue weighted by molar-refractivity contribution is 0.490. The van der Waals surface area contributed by atoms with Crippen LogP contribution in [0, 0.1) is 23.0 Å². The molecule has 0 atom stereocenters. The molecule has 1 N–H and O–H groups in total. The third kappa shape index (κ3) is 3.00. The Bertz CT molecular complexity index is 762. The molecular weight excluding hydrogens is 306 g/mol. The average molecular weight is 320 g/mol. The van der Waals surface area contributed by atoms with Crippen molar-refractivity contribution in [2.75, 3.05) is 0 Å². The van der Waals surface area contributed by atoms with Gasteiger partial charge < -0.3 is 5.11 Å². The van der Waals surface area contributed by atoms with Gasteiger partial charge in [-0.25, -0.2) is 13.8 Å². The maximum Gasteiger partial charge on any atom is 0.149 e. The smallest absolute Gasteiger partial charge is 0.149 e. The molecule has 114 valence electrons. The summed E-state index contributed by atoms with van der Waals surface area (Å²) < 4.78 is 27.5. The fourth-order valence-electron chi connectivity index (χ4n) is 1.78. The number of aliphatic hydroxyl groups excluding tert-OH is 1. The number of aromatic nitrogens is 1. The van der Waals surface area contributed by atoms with Gasteiger partial charge in [0.25, 0.3) is 0 Å². The number of halogens is 2. The molecule has 0 fully saturated rings. The topological polar surface area (TPSA) is 56.9 Å². The van der Waals surface area contributed by atoms with Crippen LogP contribution < -0.4 is 0 Å². The molecule has 0 radical (unpaired) electrons. The number of hydrogen-bond acceptors (Lipinski definition) is 4. The number of hydrogen-bond donors (Lipinski definition) is 1. The van der Waals surface area contributed by atoms with Gasteiger partial charge in [0, 0.05) is 10.8 Å². The van der Waals surface area contributed by atoms with E-state index in [2.05, 4.69) is 4.98 Å². The third-order valence-electron chi connectivity index (χ3n) is 3.03. The van der Waals surface area contributed by atoms with Crippen molar-refractivity contribution < 1.29 is 13.9 Å². The summed E-state index contributed by atoms with van der Waals surface area (Å²) in [6.45, 7) is 5.87. The van der Waals surface area contributed by atoms with Crippen molar-refractivity contribution in [1.29, 1.82) is 5.26 Å². The number of nitriles is 1. The molecule has 1 heterocycles. The van der Waals surface area contributed by atoms with Gasteiger partial charge in [0.1, 0.15) is 34.0 Å². The second-order valence-electron chi connectivity index (χ2n) is 5.72. The molecule has 2 rings (SSSR count). The highest BCUT2D eigenvalue weighted by Gasteiger charge is 2.23. The lowest BCUT2D eigenvalue weighted by Crippen LogP contribution is -2.11. The first kappa shape index (κ1) is 16.1. The van der Waals surface area contributed by atoms with Crippen molar-refractivity contribution in [2.24, 2.45) is 0 Å². The van der Waals surface area contributed by atoms with Crippen LogP contribution in [-0.4, -0.2) is 10.1 Å². The molecule has 0 aliphatic carbocycles. The Hall–Kier alpha value is -2.26. The molecule has 0 unspecified atom stereocenters. The summed E-state index contributed by atoms with van der Waals surface area (Å²) in [4.78, 5) is 4.29. The van der Waals surface area contributed by atoms with E-state index in [9.17, 15) is 19.1 Å². The second kappa shape index (κ2) is 5.85. The average Bonchev–Trinajstić information content (AvgIpc) is 2.89. The summed E-state index contributed by atoms with van der Waals surface area (Å²) in [5.41, 5.74) is -0.355. The van der Waals surface area contributed by atoms with E-state index in [1.54, 1.807) is 11.4 Å². The standard InChI is InChI=1S/C16H14F2N2OS/c1-16(2,3)12-8-22-15(20-12)9(7-19)14(21)13-10(17)5-4-6-11(13)18/h4-6,8,21H,1-3H3/b14-9-. The van der Waals surface area contributed by atoms with Gasteiger partial charge in [0.15, 0.2) is 0 Å². The molecular formula is C16H14F2N2OS. The Morgan fingerprint density at radius 2 is 1.86 bits per heavy atom. The van der Waals surface area contributed by atoms with E-state index in [0.29, 0.717) is 0 Å². The fourth-order valence-corrected chi connectivity index (χ4v) is 2.82. The minimum absolute atomic E-state index is 0.228. The van der Waals surface area contributed by atoms with Crippen molar-refractivity contribution in [1.82, 2.24) is 4.98 Å². The Morgan fingerprint density at radius 3 is 2.32 bits per heavy atom. The molecule has 0 aliphatic heterocycles. The highest BCUT2D eigenvalue weighted by Crippen LogP contribution is 2.32. The molecule has 6 heteroatoms. The highest BCUT2D eigenvalue weighted by molar-refractivity contribution is 7.11. The van der Waals surface area contributed by atoms with Crippen LogP contribution >= 0.6 is 11.3 Å². The Morgan fingerprint density at radius 1 is 1.27 bits per heavy atom. The first-order valence-corrected chi connectivity index (χ1v) is 7.37. The summed E-state index contributed by atoms with van der Waals surface area (Å²) in [6, 6.07) is 5.01. The van der Waals surface area contributed by atoms with Crippen LogP contribution in [-0.2, 0) is 5.41 Å². The number of rotatable bonds is 2. The second-order valence-corrected chi connectivity index (χ2v) is 6.58. The predicted molar refractivity (Wildman–Crippen MR) is 82.2 cm³/mol. The minimum atomic E-state index is -0.933. The zero-order valence-electron chi connectivity index (χ0n) is 12.3. The summed E-state index contributed by atoms with van der Waals surface area (Å²) >= 11 is 1.15.